The van der Waals surface area contributed by atoms with Crippen LogP contribution in [0.1, 0.15) is 43.2 Å². The predicted octanol–water partition coefficient (Wildman–Crippen LogP) is 2.58. The molecular formula is C31H38N10O3S. The zero-order valence-electron chi connectivity index (χ0n) is 25.5. The van der Waals surface area contributed by atoms with Crippen molar-refractivity contribution < 1.29 is 13.5 Å². The van der Waals surface area contributed by atoms with Gasteiger partial charge in [0, 0.05) is 50.9 Å². The number of hydrogen-bond donors (Lipinski definition) is 2. The molecule has 1 aliphatic heterocycles. The fourth-order valence-electron chi connectivity index (χ4n) is 5.32. The quantitative estimate of drug-likeness (QED) is 0.236. The average Bonchev–Trinajstić information content (AvgIpc) is 3.62. The lowest BCUT2D eigenvalue weighted by Crippen LogP contribution is -2.37. The standard InChI is InChI=1S/C31H38N10O3S/c1-38(2)12-4-14-40-20-23(16-34-40)6-7-25-17-33-30(15-28(25)39-13-3-5-24(19-39)22-42)36-29-10-11-32-31(37-29)26-18-35-41(21-26)45(43,44)27-8-9-27/h10-11,15-18,20-21,24,27,42H,3-5,8-9,12-14,19,22H2,1-2H3,(H,32,33,36,37). The number of aliphatic hydroxyl groups is 1. The molecule has 4 aromatic heterocycles. The number of aliphatic hydroxyl groups excluding tert-OH is 1. The highest BCUT2D eigenvalue weighted by Crippen LogP contribution is 2.31. The van der Waals surface area contributed by atoms with Crippen LogP contribution in [0.4, 0.5) is 17.3 Å². The normalized spacial score (nSPS) is 16.9. The van der Waals surface area contributed by atoms with Gasteiger partial charge in [0.05, 0.1) is 46.2 Å². The Kier molecular flexibility index (Phi) is 9.11. The summed E-state index contributed by atoms with van der Waals surface area (Å²) in [4.78, 5) is 18.0. The summed E-state index contributed by atoms with van der Waals surface area (Å²) in [6.45, 7) is 3.54. The third kappa shape index (κ3) is 7.50. The zero-order chi connectivity index (χ0) is 31.4. The number of hydrogen-bond acceptors (Lipinski definition) is 11. The SMILES string of the molecule is CN(C)CCCn1cc(C#Cc2cnc(Nc3ccnc(-c4cnn(S(=O)(=O)C5CC5)c4)n3)cc2N2CCCC(CO)C2)cn1. The molecule has 1 saturated heterocycles. The zero-order valence-corrected chi connectivity index (χ0v) is 26.4. The molecule has 1 unspecified atom stereocenters. The Hall–Kier alpha value is -4.32. The second-order valence-corrected chi connectivity index (χ2v) is 13.9. The van der Waals surface area contributed by atoms with E-state index in [1.165, 1.54) is 12.4 Å². The molecule has 236 valence electrons. The van der Waals surface area contributed by atoms with Gasteiger partial charge in [-0.1, -0.05) is 11.8 Å². The number of piperidine rings is 1. The van der Waals surface area contributed by atoms with Gasteiger partial charge >= 0.3 is 0 Å². The first-order valence-electron chi connectivity index (χ1n) is 15.2. The van der Waals surface area contributed by atoms with Gasteiger partial charge in [-0.3, -0.25) is 4.68 Å². The number of aromatic nitrogens is 7. The topological polar surface area (TPSA) is 147 Å². The van der Waals surface area contributed by atoms with E-state index in [2.05, 4.69) is 66.2 Å². The van der Waals surface area contributed by atoms with Gasteiger partial charge in [0.1, 0.15) is 11.6 Å². The number of rotatable bonds is 11. The summed E-state index contributed by atoms with van der Waals surface area (Å²) >= 11 is 0. The predicted molar refractivity (Wildman–Crippen MR) is 172 cm³/mol. The van der Waals surface area contributed by atoms with Gasteiger partial charge in [-0.2, -0.15) is 14.3 Å². The molecule has 6 rings (SSSR count). The molecular weight excluding hydrogens is 592 g/mol. The molecule has 2 N–H and O–H groups in total. The molecule has 1 saturated carbocycles. The van der Waals surface area contributed by atoms with Gasteiger partial charge in [0.2, 0.25) is 0 Å². The van der Waals surface area contributed by atoms with Crippen LogP contribution >= 0.6 is 0 Å². The molecule has 0 spiro atoms. The van der Waals surface area contributed by atoms with Crippen LogP contribution < -0.4 is 10.2 Å². The molecule has 2 aliphatic rings. The minimum Gasteiger partial charge on any atom is -0.396 e. The number of nitrogens with one attached hydrogen (secondary N) is 1. The highest BCUT2D eigenvalue weighted by atomic mass is 32.2. The van der Waals surface area contributed by atoms with Gasteiger partial charge in [-0.05, 0) is 64.7 Å². The van der Waals surface area contributed by atoms with Crippen LogP contribution in [-0.4, -0.2) is 97.9 Å². The number of pyridine rings is 1. The largest absolute Gasteiger partial charge is 0.396 e. The van der Waals surface area contributed by atoms with Gasteiger partial charge in [-0.25, -0.2) is 23.4 Å². The fraction of sp³-hybridized carbons (Fsp3) is 0.452. The fourth-order valence-corrected chi connectivity index (χ4v) is 6.80. The Morgan fingerprint density at radius 1 is 1.07 bits per heavy atom. The molecule has 0 aromatic carbocycles. The molecule has 0 amide bonds. The molecule has 5 heterocycles. The molecule has 1 aliphatic carbocycles. The first kappa shape index (κ1) is 30.7. The summed E-state index contributed by atoms with van der Waals surface area (Å²) in [6, 6.07) is 3.68. The van der Waals surface area contributed by atoms with Crippen molar-refractivity contribution in [2.75, 3.05) is 50.6 Å². The molecule has 14 heteroatoms. The van der Waals surface area contributed by atoms with Gasteiger partial charge in [-0.15, -0.1) is 0 Å². The molecule has 2 fully saturated rings. The summed E-state index contributed by atoms with van der Waals surface area (Å²) in [7, 11) is 0.642. The summed E-state index contributed by atoms with van der Waals surface area (Å²) in [5.74, 6) is 8.18. The van der Waals surface area contributed by atoms with Crippen LogP contribution in [0.3, 0.4) is 0 Å². The molecule has 4 aromatic rings. The summed E-state index contributed by atoms with van der Waals surface area (Å²) in [5.41, 5.74) is 3.05. The van der Waals surface area contributed by atoms with Gasteiger partial charge in [0.25, 0.3) is 10.0 Å². The highest BCUT2D eigenvalue weighted by Gasteiger charge is 2.37. The monoisotopic (exact) mass is 630 g/mol. The third-order valence-electron chi connectivity index (χ3n) is 7.90. The first-order chi connectivity index (χ1) is 21.8. The van der Waals surface area contributed by atoms with Gasteiger partial charge < -0.3 is 20.2 Å². The van der Waals surface area contributed by atoms with E-state index in [4.69, 9.17) is 0 Å². The average molecular weight is 631 g/mol. The van der Waals surface area contributed by atoms with Crippen LogP contribution in [0, 0.1) is 17.8 Å². The number of nitrogens with zero attached hydrogens (tertiary/aromatic N) is 9. The summed E-state index contributed by atoms with van der Waals surface area (Å²) < 4.78 is 28.1. The van der Waals surface area contributed by atoms with Crippen LogP contribution in [0.5, 0.6) is 0 Å². The van der Waals surface area contributed by atoms with Crippen LogP contribution in [0.25, 0.3) is 11.4 Å². The maximum Gasteiger partial charge on any atom is 0.256 e. The van der Waals surface area contributed by atoms with Crippen molar-refractivity contribution in [3.05, 3.63) is 60.4 Å². The van der Waals surface area contributed by atoms with E-state index in [1.54, 1.807) is 24.7 Å². The molecule has 13 nitrogen and oxygen atoms in total. The summed E-state index contributed by atoms with van der Waals surface area (Å²) in [5, 5.41) is 21.3. The third-order valence-corrected chi connectivity index (χ3v) is 9.94. The molecule has 0 radical (unpaired) electrons. The van der Waals surface area contributed by atoms with Crippen molar-refractivity contribution >= 4 is 27.3 Å². The van der Waals surface area contributed by atoms with E-state index in [-0.39, 0.29) is 17.8 Å². The second-order valence-electron chi connectivity index (χ2n) is 11.9. The van der Waals surface area contributed by atoms with E-state index in [9.17, 15) is 13.5 Å². The van der Waals surface area contributed by atoms with Crippen molar-refractivity contribution in [1.29, 1.82) is 0 Å². The molecule has 0 bridgehead atoms. The van der Waals surface area contributed by atoms with Crippen molar-refractivity contribution in [3.8, 4) is 23.2 Å². The van der Waals surface area contributed by atoms with Crippen molar-refractivity contribution in [2.24, 2.45) is 5.92 Å². The lowest BCUT2D eigenvalue weighted by molar-refractivity contribution is 0.208. The van der Waals surface area contributed by atoms with E-state index in [0.29, 0.717) is 35.9 Å². The smallest absolute Gasteiger partial charge is 0.256 e. The van der Waals surface area contributed by atoms with Crippen molar-refractivity contribution in [3.63, 3.8) is 0 Å². The van der Waals surface area contributed by atoms with Crippen molar-refractivity contribution in [2.45, 2.75) is 43.9 Å². The van der Waals surface area contributed by atoms with Gasteiger partial charge in [0.15, 0.2) is 5.82 Å². The highest BCUT2D eigenvalue weighted by molar-refractivity contribution is 7.90. The Bertz CT molecular complexity index is 1800. The lowest BCUT2D eigenvalue weighted by atomic mass is 9.98. The molecule has 45 heavy (non-hydrogen) atoms. The minimum atomic E-state index is -3.48. The van der Waals surface area contributed by atoms with Crippen LogP contribution in [0.15, 0.2) is 49.3 Å². The Labute approximate surface area is 263 Å². The first-order valence-corrected chi connectivity index (χ1v) is 16.7. The summed E-state index contributed by atoms with van der Waals surface area (Å²) in [6.07, 6.45) is 14.3. The van der Waals surface area contributed by atoms with E-state index in [1.807, 2.05) is 16.9 Å². The number of anilines is 3. The Balaban J connectivity index is 1.23. The molecule has 1 atom stereocenters. The van der Waals surface area contributed by atoms with E-state index < -0.39 is 10.0 Å². The minimum absolute atomic E-state index is 0.142. The van der Waals surface area contributed by atoms with Crippen LogP contribution in [0.2, 0.25) is 0 Å². The van der Waals surface area contributed by atoms with Crippen LogP contribution in [-0.2, 0) is 16.6 Å². The van der Waals surface area contributed by atoms with E-state index >= 15 is 0 Å². The Morgan fingerprint density at radius 2 is 1.93 bits per heavy atom. The van der Waals surface area contributed by atoms with E-state index in [0.717, 1.165) is 66.3 Å². The van der Waals surface area contributed by atoms with Crippen molar-refractivity contribution in [1.82, 2.24) is 38.8 Å². The lowest BCUT2D eigenvalue weighted by Gasteiger charge is -2.34. The second kappa shape index (κ2) is 13.4. The maximum absolute atomic E-state index is 12.6. The number of aryl methyl sites for hydroxylation is 1. The Morgan fingerprint density at radius 3 is 2.73 bits per heavy atom. The maximum atomic E-state index is 12.6.